The molecular formula is C25H20F4N2O3. The fraction of sp³-hybridized carbons (Fsp3) is 0.200. The van der Waals surface area contributed by atoms with Gasteiger partial charge < -0.3 is 14.4 Å². The SMILES string of the molecule is CCOc1cc(Cc2nc3ccccc3n2Cc2ccc(F)cc2C(F)(F)F)ccc1C(=O)O. The Labute approximate surface area is 192 Å². The predicted molar refractivity (Wildman–Crippen MR) is 118 cm³/mol. The molecule has 176 valence electrons. The summed E-state index contributed by atoms with van der Waals surface area (Å²) in [5.41, 5.74) is 0.790. The number of carboxylic acids is 1. The van der Waals surface area contributed by atoms with Gasteiger partial charge in [-0.05, 0) is 54.4 Å². The van der Waals surface area contributed by atoms with Crippen molar-refractivity contribution in [2.45, 2.75) is 26.1 Å². The molecule has 1 heterocycles. The van der Waals surface area contributed by atoms with Gasteiger partial charge in [-0.15, -0.1) is 0 Å². The maximum Gasteiger partial charge on any atom is 0.416 e. The van der Waals surface area contributed by atoms with E-state index in [1.54, 1.807) is 47.9 Å². The highest BCUT2D eigenvalue weighted by atomic mass is 19.4. The van der Waals surface area contributed by atoms with E-state index in [-0.39, 0.29) is 36.4 Å². The summed E-state index contributed by atoms with van der Waals surface area (Å²) in [5.74, 6) is -1.41. The fourth-order valence-corrected chi connectivity index (χ4v) is 3.87. The number of aromatic carboxylic acids is 1. The Balaban J connectivity index is 1.79. The Bertz CT molecular complexity index is 1360. The maximum absolute atomic E-state index is 13.6. The Morgan fingerprint density at radius 3 is 2.56 bits per heavy atom. The van der Waals surface area contributed by atoms with Crippen molar-refractivity contribution >= 4 is 17.0 Å². The molecule has 0 radical (unpaired) electrons. The lowest BCUT2D eigenvalue weighted by Gasteiger charge is -2.16. The molecule has 4 rings (SSSR count). The van der Waals surface area contributed by atoms with Crippen LogP contribution in [0.1, 0.15) is 39.8 Å². The number of para-hydroxylation sites is 2. The molecule has 0 aliphatic heterocycles. The van der Waals surface area contributed by atoms with Crippen molar-refractivity contribution in [1.29, 1.82) is 0 Å². The summed E-state index contributed by atoms with van der Waals surface area (Å²) in [5, 5.41) is 9.37. The zero-order chi connectivity index (χ0) is 24.5. The number of ether oxygens (including phenoxy) is 1. The molecule has 0 unspecified atom stereocenters. The maximum atomic E-state index is 13.6. The first-order valence-electron chi connectivity index (χ1n) is 10.5. The number of alkyl halides is 3. The first-order valence-corrected chi connectivity index (χ1v) is 10.5. The van der Waals surface area contributed by atoms with Gasteiger partial charge in [0.15, 0.2) is 0 Å². The molecule has 3 aromatic carbocycles. The van der Waals surface area contributed by atoms with Crippen LogP contribution in [-0.4, -0.2) is 27.2 Å². The smallest absolute Gasteiger partial charge is 0.416 e. The van der Waals surface area contributed by atoms with Gasteiger partial charge in [0.2, 0.25) is 0 Å². The van der Waals surface area contributed by atoms with Gasteiger partial charge in [-0.25, -0.2) is 14.2 Å². The number of nitrogens with zero attached hydrogens (tertiary/aromatic N) is 2. The van der Waals surface area contributed by atoms with Crippen molar-refractivity contribution in [1.82, 2.24) is 9.55 Å². The van der Waals surface area contributed by atoms with E-state index in [2.05, 4.69) is 4.98 Å². The van der Waals surface area contributed by atoms with Crippen LogP contribution in [0.25, 0.3) is 11.0 Å². The summed E-state index contributed by atoms with van der Waals surface area (Å²) in [6.45, 7) is 1.84. The minimum absolute atomic E-state index is 0.0141. The number of carbonyl (C=O) groups is 1. The van der Waals surface area contributed by atoms with E-state index in [1.807, 2.05) is 0 Å². The van der Waals surface area contributed by atoms with Gasteiger partial charge in [0, 0.05) is 13.0 Å². The minimum atomic E-state index is -4.72. The highest BCUT2D eigenvalue weighted by Crippen LogP contribution is 2.34. The Hall–Kier alpha value is -3.88. The minimum Gasteiger partial charge on any atom is -0.493 e. The number of aromatic nitrogens is 2. The van der Waals surface area contributed by atoms with Crippen LogP contribution in [0.3, 0.4) is 0 Å². The first kappa shape index (κ1) is 23.3. The number of hydrogen-bond acceptors (Lipinski definition) is 3. The van der Waals surface area contributed by atoms with E-state index in [1.165, 1.54) is 6.07 Å². The van der Waals surface area contributed by atoms with E-state index < -0.39 is 23.5 Å². The molecule has 1 aromatic heterocycles. The van der Waals surface area contributed by atoms with Crippen molar-refractivity contribution in [2.24, 2.45) is 0 Å². The quantitative estimate of drug-likeness (QED) is 0.339. The highest BCUT2D eigenvalue weighted by molar-refractivity contribution is 5.91. The lowest BCUT2D eigenvalue weighted by atomic mass is 10.1. The van der Waals surface area contributed by atoms with Crippen LogP contribution in [0, 0.1) is 5.82 Å². The van der Waals surface area contributed by atoms with E-state index in [4.69, 9.17) is 4.74 Å². The fourth-order valence-electron chi connectivity index (χ4n) is 3.87. The molecule has 0 fully saturated rings. The standard InChI is InChI=1S/C25H20F4N2O3/c1-2-34-22-11-15(7-10-18(22)24(32)33)12-23-30-20-5-3-4-6-21(20)31(23)14-16-8-9-17(26)13-19(16)25(27,28)29/h3-11,13H,2,12,14H2,1H3,(H,32,33). The summed E-state index contributed by atoms with van der Waals surface area (Å²) in [7, 11) is 0. The van der Waals surface area contributed by atoms with Crippen molar-refractivity contribution in [3.05, 3.63) is 94.6 Å². The lowest BCUT2D eigenvalue weighted by molar-refractivity contribution is -0.138. The van der Waals surface area contributed by atoms with Crippen LogP contribution in [0.5, 0.6) is 5.75 Å². The molecular weight excluding hydrogens is 452 g/mol. The van der Waals surface area contributed by atoms with Gasteiger partial charge in [0.05, 0.1) is 23.2 Å². The van der Waals surface area contributed by atoms with Crippen molar-refractivity contribution in [3.63, 3.8) is 0 Å². The average Bonchev–Trinajstić information content (AvgIpc) is 3.11. The van der Waals surface area contributed by atoms with Gasteiger partial charge in [0.1, 0.15) is 23.0 Å². The third-order valence-corrected chi connectivity index (χ3v) is 5.38. The van der Waals surface area contributed by atoms with Gasteiger partial charge in [-0.1, -0.05) is 24.3 Å². The molecule has 1 N–H and O–H groups in total. The van der Waals surface area contributed by atoms with Crippen molar-refractivity contribution in [3.8, 4) is 5.75 Å². The lowest BCUT2D eigenvalue weighted by Crippen LogP contribution is -2.14. The molecule has 0 saturated carbocycles. The molecule has 0 spiro atoms. The molecule has 0 aliphatic rings. The highest BCUT2D eigenvalue weighted by Gasteiger charge is 2.34. The molecule has 0 saturated heterocycles. The van der Waals surface area contributed by atoms with Gasteiger partial charge in [0.25, 0.3) is 0 Å². The Kier molecular flexibility index (Phi) is 6.28. The van der Waals surface area contributed by atoms with E-state index >= 15 is 0 Å². The predicted octanol–water partition coefficient (Wildman–Crippen LogP) is 5.93. The van der Waals surface area contributed by atoms with Crippen LogP contribution >= 0.6 is 0 Å². The van der Waals surface area contributed by atoms with E-state index in [0.29, 0.717) is 28.5 Å². The number of rotatable bonds is 7. The van der Waals surface area contributed by atoms with Gasteiger partial charge in [-0.3, -0.25) is 0 Å². The second-order valence-corrected chi connectivity index (χ2v) is 7.65. The van der Waals surface area contributed by atoms with Crippen molar-refractivity contribution in [2.75, 3.05) is 6.61 Å². The average molecular weight is 472 g/mol. The van der Waals surface area contributed by atoms with Crippen LogP contribution in [0.4, 0.5) is 17.6 Å². The van der Waals surface area contributed by atoms with Gasteiger partial charge >= 0.3 is 12.1 Å². The molecule has 9 heteroatoms. The topological polar surface area (TPSA) is 64.4 Å². The number of benzene rings is 3. The monoisotopic (exact) mass is 472 g/mol. The van der Waals surface area contributed by atoms with E-state index in [9.17, 15) is 27.5 Å². The Morgan fingerprint density at radius 1 is 1.09 bits per heavy atom. The van der Waals surface area contributed by atoms with Crippen LogP contribution < -0.4 is 4.74 Å². The first-order chi connectivity index (χ1) is 16.2. The normalized spacial score (nSPS) is 11.7. The largest absolute Gasteiger partial charge is 0.493 e. The number of imidazole rings is 1. The summed E-state index contributed by atoms with van der Waals surface area (Å²) in [4.78, 5) is 16.1. The number of carboxylic acid groups (broad SMARTS) is 1. The van der Waals surface area contributed by atoms with Crippen LogP contribution in [-0.2, 0) is 19.1 Å². The Morgan fingerprint density at radius 2 is 1.85 bits per heavy atom. The zero-order valence-corrected chi connectivity index (χ0v) is 18.1. The van der Waals surface area contributed by atoms with E-state index in [0.717, 1.165) is 12.1 Å². The van der Waals surface area contributed by atoms with Crippen LogP contribution in [0.2, 0.25) is 0 Å². The molecule has 4 aromatic rings. The number of fused-ring (bicyclic) bond motifs is 1. The second-order valence-electron chi connectivity index (χ2n) is 7.65. The zero-order valence-electron chi connectivity index (χ0n) is 18.1. The summed E-state index contributed by atoms with van der Waals surface area (Å²) in [6.07, 6.45) is -4.50. The number of hydrogen-bond donors (Lipinski definition) is 1. The summed E-state index contributed by atoms with van der Waals surface area (Å²) < 4.78 is 61.5. The molecule has 34 heavy (non-hydrogen) atoms. The summed E-state index contributed by atoms with van der Waals surface area (Å²) in [6, 6.07) is 14.3. The number of halogens is 4. The molecule has 0 aliphatic carbocycles. The second kappa shape index (κ2) is 9.17. The molecule has 0 amide bonds. The molecule has 0 bridgehead atoms. The van der Waals surface area contributed by atoms with Gasteiger partial charge in [-0.2, -0.15) is 13.2 Å². The third kappa shape index (κ3) is 4.73. The van der Waals surface area contributed by atoms with Crippen molar-refractivity contribution < 1.29 is 32.2 Å². The molecule has 5 nitrogen and oxygen atoms in total. The summed E-state index contributed by atoms with van der Waals surface area (Å²) >= 11 is 0. The molecule has 0 atom stereocenters. The third-order valence-electron chi connectivity index (χ3n) is 5.38. The van der Waals surface area contributed by atoms with Crippen LogP contribution in [0.15, 0.2) is 60.7 Å².